The lowest BCUT2D eigenvalue weighted by molar-refractivity contribution is 0.0934. The Morgan fingerprint density at radius 2 is 1.43 bits per heavy atom. The minimum absolute atomic E-state index is 0.163. The van der Waals surface area contributed by atoms with Crippen molar-refractivity contribution in [1.29, 1.82) is 0 Å². The highest BCUT2D eigenvalue weighted by Crippen LogP contribution is 2.24. The zero-order valence-electron chi connectivity index (χ0n) is 14.9. The molecule has 0 saturated carbocycles. The van der Waals surface area contributed by atoms with Gasteiger partial charge in [-0.2, -0.15) is 0 Å². The maximum atomic E-state index is 13.1. The van der Waals surface area contributed by atoms with Crippen molar-refractivity contribution in [2.24, 2.45) is 0 Å². The first-order chi connectivity index (χ1) is 13.7. The van der Waals surface area contributed by atoms with Crippen molar-refractivity contribution in [3.63, 3.8) is 0 Å². The molecule has 3 aromatic carbocycles. The number of nitrogens with one attached hydrogen (secondary N) is 1. The van der Waals surface area contributed by atoms with E-state index in [1.165, 1.54) is 12.1 Å². The number of benzene rings is 3. The molecule has 1 aromatic heterocycles. The third-order valence-electron chi connectivity index (χ3n) is 4.41. The van der Waals surface area contributed by atoms with E-state index in [1.807, 2.05) is 60.7 Å². The van der Waals surface area contributed by atoms with Gasteiger partial charge in [-0.25, -0.2) is 4.39 Å². The number of hydrogen-bond acceptors (Lipinski definition) is 3. The second kappa shape index (κ2) is 7.88. The largest absolute Gasteiger partial charge is 0.355 e. The summed E-state index contributed by atoms with van der Waals surface area (Å²) in [7, 11) is 0. The lowest BCUT2D eigenvalue weighted by Crippen LogP contribution is -2.29. The van der Waals surface area contributed by atoms with Crippen molar-refractivity contribution in [2.45, 2.75) is 6.04 Å². The summed E-state index contributed by atoms with van der Waals surface area (Å²) in [6.45, 7) is 0. The lowest BCUT2D eigenvalue weighted by atomic mass is 9.98. The fraction of sp³-hybridized carbons (Fsp3) is 0.0435. The molecule has 1 heterocycles. The van der Waals surface area contributed by atoms with Crippen LogP contribution in [0.4, 0.5) is 4.39 Å². The quantitative estimate of drug-likeness (QED) is 0.536. The third kappa shape index (κ3) is 3.83. The molecule has 0 unspecified atom stereocenters. The topological polar surface area (TPSA) is 55.1 Å². The Balaban J connectivity index is 1.59. The molecule has 138 valence electrons. The maximum absolute atomic E-state index is 13.1. The fourth-order valence-corrected chi connectivity index (χ4v) is 2.99. The molecule has 0 atom stereocenters. The van der Waals surface area contributed by atoms with Gasteiger partial charge in [-0.3, -0.25) is 4.79 Å². The Morgan fingerprint density at radius 3 is 2.00 bits per heavy atom. The van der Waals surface area contributed by atoms with Crippen LogP contribution in [0.15, 0.2) is 95.5 Å². The van der Waals surface area contributed by atoms with Gasteiger partial charge in [-0.05, 0) is 35.4 Å². The van der Waals surface area contributed by atoms with Crippen molar-refractivity contribution < 1.29 is 13.7 Å². The van der Waals surface area contributed by atoms with E-state index < -0.39 is 0 Å². The van der Waals surface area contributed by atoms with Crippen LogP contribution in [-0.2, 0) is 0 Å². The maximum Gasteiger partial charge on any atom is 0.274 e. The summed E-state index contributed by atoms with van der Waals surface area (Å²) in [5.74, 6) is -0.286. The molecule has 4 nitrogen and oxygen atoms in total. The zero-order valence-corrected chi connectivity index (χ0v) is 14.9. The average molecular weight is 372 g/mol. The summed E-state index contributed by atoms with van der Waals surface area (Å²) < 4.78 is 18.4. The molecule has 0 aliphatic heterocycles. The molecule has 4 rings (SSSR count). The Kier molecular flexibility index (Phi) is 4.97. The molecule has 0 bridgehead atoms. The Bertz CT molecular complexity index is 1020. The van der Waals surface area contributed by atoms with Crippen LogP contribution in [0.1, 0.15) is 27.7 Å². The van der Waals surface area contributed by atoms with Gasteiger partial charge in [-0.1, -0.05) is 65.8 Å². The minimum Gasteiger partial charge on any atom is -0.355 e. The fourth-order valence-electron chi connectivity index (χ4n) is 2.99. The van der Waals surface area contributed by atoms with E-state index in [1.54, 1.807) is 18.2 Å². The highest BCUT2D eigenvalue weighted by atomic mass is 19.1. The van der Waals surface area contributed by atoms with Gasteiger partial charge < -0.3 is 9.84 Å². The van der Waals surface area contributed by atoms with Gasteiger partial charge in [0.25, 0.3) is 5.91 Å². The first kappa shape index (κ1) is 17.7. The molecule has 1 amide bonds. The van der Waals surface area contributed by atoms with Crippen LogP contribution in [0.3, 0.4) is 0 Å². The SMILES string of the molecule is O=C(NC(c1ccccc1)c1ccccc1)c1cc(-c2ccc(F)cc2)on1. The monoisotopic (exact) mass is 372 g/mol. The van der Waals surface area contributed by atoms with Crippen molar-refractivity contribution in [3.05, 3.63) is 114 Å². The highest BCUT2D eigenvalue weighted by molar-refractivity contribution is 5.93. The number of rotatable bonds is 5. The predicted molar refractivity (Wildman–Crippen MR) is 104 cm³/mol. The Hall–Kier alpha value is -3.73. The minimum atomic E-state index is -0.352. The van der Waals surface area contributed by atoms with Gasteiger partial charge in [0.05, 0.1) is 6.04 Å². The normalized spacial score (nSPS) is 10.8. The highest BCUT2D eigenvalue weighted by Gasteiger charge is 2.20. The molecular weight excluding hydrogens is 355 g/mol. The third-order valence-corrected chi connectivity index (χ3v) is 4.41. The lowest BCUT2D eigenvalue weighted by Gasteiger charge is -2.19. The van der Waals surface area contributed by atoms with E-state index in [0.717, 1.165) is 11.1 Å². The van der Waals surface area contributed by atoms with Gasteiger partial charge in [0.2, 0.25) is 0 Å². The van der Waals surface area contributed by atoms with Crippen LogP contribution in [-0.4, -0.2) is 11.1 Å². The summed E-state index contributed by atoms with van der Waals surface area (Å²) in [5.41, 5.74) is 2.74. The molecule has 0 radical (unpaired) electrons. The number of amides is 1. The van der Waals surface area contributed by atoms with Crippen LogP contribution < -0.4 is 5.32 Å². The van der Waals surface area contributed by atoms with Gasteiger partial charge in [0.1, 0.15) is 5.82 Å². The molecule has 0 saturated heterocycles. The molecule has 1 N–H and O–H groups in total. The number of carbonyl (C=O) groups is 1. The van der Waals surface area contributed by atoms with Gasteiger partial charge in [0, 0.05) is 11.6 Å². The predicted octanol–water partition coefficient (Wildman–Crippen LogP) is 5.00. The van der Waals surface area contributed by atoms with Crippen LogP contribution in [0.25, 0.3) is 11.3 Å². The van der Waals surface area contributed by atoms with Crippen molar-refractivity contribution in [2.75, 3.05) is 0 Å². The van der Waals surface area contributed by atoms with Crippen molar-refractivity contribution in [3.8, 4) is 11.3 Å². The molecule has 0 aliphatic rings. The second-order valence-corrected chi connectivity index (χ2v) is 6.31. The smallest absolute Gasteiger partial charge is 0.274 e. The number of hydrogen-bond donors (Lipinski definition) is 1. The van der Waals surface area contributed by atoms with Gasteiger partial charge in [-0.15, -0.1) is 0 Å². The molecule has 5 heteroatoms. The number of aromatic nitrogens is 1. The Labute approximate surface area is 161 Å². The number of halogens is 1. The molecule has 0 spiro atoms. The van der Waals surface area contributed by atoms with E-state index in [0.29, 0.717) is 11.3 Å². The van der Waals surface area contributed by atoms with E-state index in [2.05, 4.69) is 10.5 Å². The number of carbonyl (C=O) groups excluding carboxylic acids is 1. The van der Waals surface area contributed by atoms with E-state index in [9.17, 15) is 9.18 Å². The average Bonchev–Trinajstić information content (AvgIpc) is 3.24. The Morgan fingerprint density at radius 1 is 0.857 bits per heavy atom. The first-order valence-electron chi connectivity index (χ1n) is 8.84. The molecule has 28 heavy (non-hydrogen) atoms. The van der Waals surface area contributed by atoms with Crippen LogP contribution >= 0.6 is 0 Å². The molecule has 0 fully saturated rings. The van der Waals surface area contributed by atoms with Crippen molar-refractivity contribution >= 4 is 5.91 Å². The van der Waals surface area contributed by atoms with Crippen LogP contribution in [0, 0.1) is 5.82 Å². The zero-order chi connectivity index (χ0) is 19.3. The summed E-state index contributed by atoms with van der Waals surface area (Å²) in [6.07, 6.45) is 0. The van der Waals surface area contributed by atoms with E-state index >= 15 is 0 Å². The molecule has 4 aromatic rings. The summed E-state index contributed by atoms with van der Waals surface area (Å²) in [5, 5.41) is 6.89. The number of nitrogens with zero attached hydrogens (tertiary/aromatic N) is 1. The second-order valence-electron chi connectivity index (χ2n) is 6.31. The van der Waals surface area contributed by atoms with Gasteiger partial charge >= 0.3 is 0 Å². The summed E-state index contributed by atoms with van der Waals surface area (Å²) in [6, 6.07) is 26.5. The summed E-state index contributed by atoms with van der Waals surface area (Å²) >= 11 is 0. The molecule has 0 aliphatic carbocycles. The van der Waals surface area contributed by atoms with Crippen molar-refractivity contribution in [1.82, 2.24) is 10.5 Å². The summed E-state index contributed by atoms with van der Waals surface area (Å²) in [4.78, 5) is 12.8. The van der Waals surface area contributed by atoms with Gasteiger partial charge in [0.15, 0.2) is 11.5 Å². The van der Waals surface area contributed by atoms with E-state index in [4.69, 9.17) is 4.52 Å². The van der Waals surface area contributed by atoms with Crippen LogP contribution in [0.5, 0.6) is 0 Å². The van der Waals surface area contributed by atoms with E-state index in [-0.39, 0.29) is 23.5 Å². The molecular formula is C23H17FN2O2. The van der Waals surface area contributed by atoms with Crippen LogP contribution in [0.2, 0.25) is 0 Å². The first-order valence-corrected chi connectivity index (χ1v) is 8.84. The standard InChI is InChI=1S/C23H17FN2O2/c24-19-13-11-16(12-14-19)21-15-20(26-28-21)23(27)25-22(17-7-3-1-4-8-17)18-9-5-2-6-10-18/h1-15,22H,(H,25,27).